The molecule has 20 heavy (non-hydrogen) atoms. The zero-order chi connectivity index (χ0) is 15.5. The first kappa shape index (κ1) is 16.0. The third-order valence-corrected chi connectivity index (χ3v) is 3.75. The molecule has 1 aromatic heterocycles. The Morgan fingerprint density at radius 2 is 2.20 bits per heavy atom. The number of hydrogen-bond donors (Lipinski definition) is 3. The van der Waals surface area contributed by atoms with E-state index in [0.29, 0.717) is 12.2 Å². The molecule has 0 radical (unpaired) electrons. The van der Waals surface area contributed by atoms with Crippen LogP contribution >= 0.6 is 0 Å². The molecular formula is C13H22N4O3. The highest BCUT2D eigenvalue weighted by atomic mass is 16.5. The van der Waals surface area contributed by atoms with Crippen LogP contribution in [0.2, 0.25) is 0 Å². The van der Waals surface area contributed by atoms with Crippen LogP contribution in [-0.4, -0.2) is 22.1 Å². The highest BCUT2D eigenvalue weighted by molar-refractivity contribution is 6.06. The molecule has 1 heterocycles. The molecule has 2 unspecified atom stereocenters. The monoisotopic (exact) mass is 282 g/mol. The van der Waals surface area contributed by atoms with E-state index >= 15 is 0 Å². The normalized spacial score (nSPS) is 16.6. The van der Waals surface area contributed by atoms with E-state index in [0.717, 1.165) is 11.3 Å². The predicted molar refractivity (Wildman–Crippen MR) is 74.3 cm³/mol. The molecule has 0 bridgehead atoms. The number of aromatic nitrogens is 1. The Morgan fingerprint density at radius 1 is 1.60 bits per heavy atom. The molecule has 0 spiro atoms. The number of amidine groups is 1. The van der Waals surface area contributed by atoms with E-state index in [-0.39, 0.29) is 17.8 Å². The highest BCUT2D eigenvalue weighted by Gasteiger charge is 2.37. The third-order valence-electron chi connectivity index (χ3n) is 3.75. The summed E-state index contributed by atoms with van der Waals surface area (Å²) in [5, 5.41) is 18.5. The summed E-state index contributed by atoms with van der Waals surface area (Å²) >= 11 is 0. The Labute approximate surface area is 118 Å². The van der Waals surface area contributed by atoms with E-state index in [1.165, 1.54) is 0 Å². The van der Waals surface area contributed by atoms with Crippen LogP contribution < -0.4 is 11.1 Å². The van der Waals surface area contributed by atoms with Gasteiger partial charge in [0.2, 0.25) is 5.91 Å². The van der Waals surface area contributed by atoms with Gasteiger partial charge in [-0.3, -0.25) is 4.79 Å². The molecule has 1 aromatic rings. The fourth-order valence-corrected chi connectivity index (χ4v) is 2.10. The van der Waals surface area contributed by atoms with Crippen LogP contribution in [0.15, 0.2) is 9.68 Å². The van der Waals surface area contributed by atoms with Gasteiger partial charge < -0.3 is 20.8 Å². The van der Waals surface area contributed by atoms with Gasteiger partial charge >= 0.3 is 0 Å². The number of rotatable bonds is 5. The topological polar surface area (TPSA) is 114 Å². The lowest BCUT2D eigenvalue weighted by molar-refractivity contribution is -0.127. The molecule has 7 heteroatoms. The van der Waals surface area contributed by atoms with Crippen molar-refractivity contribution in [2.45, 2.75) is 47.1 Å². The van der Waals surface area contributed by atoms with Gasteiger partial charge in [0.05, 0.1) is 11.7 Å². The average Bonchev–Trinajstić information content (AvgIpc) is 2.75. The van der Waals surface area contributed by atoms with Crippen LogP contribution in [0.4, 0.5) is 0 Å². The van der Waals surface area contributed by atoms with Crippen molar-refractivity contribution in [1.82, 2.24) is 10.5 Å². The van der Waals surface area contributed by atoms with Crippen LogP contribution in [0.25, 0.3) is 0 Å². The minimum absolute atomic E-state index is 0.108. The SMILES string of the molecule is CCC(C)(C(=O)NC(C)c1c(C)noc1C)C(N)=NO. The van der Waals surface area contributed by atoms with Crippen molar-refractivity contribution in [2.24, 2.45) is 16.3 Å². The summed E-state index contributed by atoms with van der Waals surface area (Å²) in [7, 11) is 0. The van der Waals surface area contributed by atoms with E-state index in [1.807, 2.05) is 13.8 Å². The quantitative estimate of drug-likeness (QED) is 0.329. The molecule has 0 aliphatic carbocycles. The Kier molecular flexibility index (Phi) is 4.75. The largest absolute Gasteiger partial charge is 0.409 e. The molecule has 4 N–H and O–H groups in total. The molecule has 1 rings (SSSR count). The molecule has 0 saturated carbocycles. The van der Waals surface area contributed by atoms with Crippen LogP contribution in [-0.2, 0) is 4.79 Å². The van der Waals surface area contributed by atoms with Crippen molar-refractivity contribution in [2.75, 3.05) is 0 Å². The third kappa shape index (κ3) is 2.76. The van der Waals surface area contributed by atoms with Gasteiger partial charge in [-0.05, 0) is 34.1 Å². The highest BCUT2D eigenvalue weighted by Crippen LogP contribution is 2.26. The standard InChI is InChI=1S/C13H22N4O3/c1-6-13(5,11(14)16-19)12(18)15-7(2)10-8(3)17-20-9(10)4/h7,19H,6H2,1-5H3,(H2,14,16)(H,15,18). The maximum Gasteiger partial charge on any atom is 0.234 e. The number of carbonyl (C=O) groups is 1. The van der Waals surface area contributed by atoms with Gasteiger partial charge in [-0.2, -0.15) is 0 Å². The summed E-state index contributed by atoms with van der Waals surface area (Å²) in [6.07, 6.45) is 0.420. The number of amides is 1. The summed E-state index contributed by atoms with van der Waals surface area (Å²) in [6, 6.07) is -0.272. The Hall–Kier alpha value is -2.05. The average molecular weight is 282 g/mol. The number of carbonyl (C=O) groups excluding carboxylic acids is 1. The number of hydrogen-bond acceptors (Lipinski definition) is 5. The fraction of sp³-hybridized carbons (Fsp3) is 0.615. The minimum atomic E-state index is -1.05. The van der Waals surface area contributed by atoms with Gasteiger partial charge in [0.15, 0.2) is 5.84 Å². The molecule has 0 fully saturated rings. The zero-order valence-corrected chi connectivity index (χ0v) is 12.5. The van der Waals surface area contributed by atoms with E-state index in [4.69, 9.17) is 15.5 Å². The van der Waals surface area contributed by atoms with Crippen LogP contribution in [0, 0.1) is 19.3 Å². The van der Waals surface area contributed by atoms with Crippen LogP contribution in [0.5, 0.6) is 0 Å². The summed E-state index contributed by atoms with van der Waals surface area (Å²) in [4.78, 5) is 12.4. The number of nitrogens with two attached hydrogens (primary N) is 1. The van der Waals surface area contributed by atoms with Crippen LogP contribution in [0.1, 0.15) is 50.3 Å². The predicted octanol–water partition coefficient (Wildman–Crippen LogP) is 1.63. The first-order valence-electron chi connectivity index (χ1n) is 6.49. The second-order valence-corrected chi connectivity index (χ2v) is 5.10. The van der Waals surface area contributed by atoms with Crippen molar-refractivity contribution < 1.29 is 14.5 Å². The van der Waals surface area contributed by atoms with E-state index in [9.17, 15) is 4.79 Å². The minimum Gasteiger partial charge on any atom is -0.409 e. The van der Waals surface area contributed by atoms with Crippen molar-refractivity contribution in [3.05, 3.63) is 17.0 Å². The Bertz CT molecular complexity index is 504. The summed E-state index contributed by atoms with van der Waals surface area (Å²) in [5.74, 6) is 0.253. The van der Waals surface area contributed by atoms with Gasteiger partial charge in [0, 0.05) is 5.56 Å². The van der Waals surface area contributed by atoms with Crippen molar-refractivity contribution in [1.29, 1.82) is 0 Å². The van der Waals surface area contributed by atoms with Gasteiger partial charge in [-0.25, -0.2) is 0 Å². The molecule has 7 nitrogen and oxygen atoms in total. The lowest BCUT2D eigenvalue weighted by Crippen LogP contribution is -2.48. The first-order chi connectivity index (χ1) is 9.27. The molecule has 1 amide bonds. The number of aryl methyl sites for hydroxylation is 2. The second kappa shape index (κ2) is 5.94. The van der Waals surface area contributed by atoms with Gasteiger partial charge in [0.25, 0.3) is 0 Å². The molecule has 0 saturated heterocycles. The summed E-state index contributed by atoms with van der Waals surface area (Å²) < 4.78 is 5.09. The second-order valence-electron chi connectivity index (χ2n) is 5.10. The Morgan fingerprint density at radius 3 is 2.60 bits per heavy atom. The first-order valence-corrected chi connectivity index (χ1v) is 6.49. The van der Waals surface area contributed by atoms with E-state index in [2.05, 4.69) is 15.6 Å². The molecule has 2 atom stereocenters. The molecule has 0 aliphatic heterocycles. The molecular weight excluding hydrogens is 260 g/mol. The number of oxime groups is 1. The van der Waals surface area contributed by atoms with E-state index in [1.54, 1.807) is 20.8 Å². The van der Waals surface area contributed by atoms with Gasteiger partial charge in [-0.1, -0.05) is 17.2 Å². The van der Waals surface area contributed by atoms with Crippen molar-refractivity contribution in [3.8, 4) is 0 Å². The van der Waals surface area contributed by atoms with Gasteiger partial charge in [0.1, 0.15) is 11.2 Å². The molecule has 0 aromatic carbocycles. The lowest BCUT2D eigenvalue weighted by atomic mass is 9.84. The summed E-state index contributed by atoms with van der Waals surface area (Å²) in [5.41, 5.74) is 6.15. The molecule has 0 aliphatic rings. The number of nitrogens with one attached hydrogen (secondary N) is 1. The van der Waals surface area contributed by atoms with E-state index < -0.39 is 5.41 Å². The van der Waals surface area contributed by atoms with Gasteiger partial charge in [-0.15, -0.1) is 0 Å². The van der Waals surface area contributed by atoms with Crippen LogP contribution in [0.3, 0.4) is 0 Å². The maximum atomic E-state index is 12.4. The fourth-order valence-electron chi connectivity index (χ4n) is 2.10. The molecule has 112 valence electrons. The Balaban J connectivity index is 2.96. The maximum absolute atomic E-state index is 12.4. The number of nitrogens with zero attached hydrogens (tertiary/aromatic N) is 2. The van der Waals surface area contributed by atoms with Crippen molar-refractivity contribution >= 4 is 11.7 Å². The smallest absolute Gasteiger partial charge is 0.234 e. The summed E-state index contributed by atoms with van der Waals surface area (Å²) in [6.45, 7) is 8.89. The zero-order valence-electron chi connectivity index (χ0n) is 12.5. The lowest BCUT2D eigenvalue weighted by Gasteiger charge is -2.27. The van der Waals surface area contributed by atoms with Crippen molar-refractivity contribution in [3.63, 3.8) is 0 Å².